The summed E-state index contributed by atoms with van der Waals surface area (Å²) in [5.41, 5.74) is 11.3. The number of para-hydroxylation sites is 1. The van der Waals surface area contributed by atoms with Gasteiger partial charge in [0.1, 0.15) is 17.5 Å². The van der Waals surface area contributed by atoms with Gasteiger partial charge in [0, 0.05) is 56.9 Å². The molecule has 4 aromatic rings. The number of nitrogens with zero attached hydrogens (tertiary/aromatic N) is 7. The third-order valence-corrected chi connectivity index (χ3v) is 10.1. The van der Waals surface area contributed by atoms with Gasteiger partial charge >= 0.3 is 0 Å². The molecule has 2 aromatic carbocycles. The van der Waals surface area contributed by atoms with E-state index in [1.54, 1.807) is 28.9 Å². The van der Waals surface area contributed by atoms with E-state index in [1.807, 2.05) is 30.4 Å². The summed E-state index contributed by atoms with van der Waals surface area (Å²) in [5, 5.41) is 25.7. The lowest BCUT2D eigenvalue weighted by atomic mass is 9.81. The summed E-state index contributed by atoms with van der Waals surface area (Å²) in [6.07, 6.45) is 9.41. The molecule has 4 N–H and O–H groups in total. The van der Waals surface area contributed by atoms with Crippen LogP contribution in [0.1, 0.15) is 50.0 Å². The van der Waals surface area contributed by atoms with Crippen LogP contribution in [0.25, 0.3) is 16.9 Å². The van der Waals surface area contributed by atoms with Gasteiger partial charge in [0.05, 0.1) is 23.8 Å². The first kappa shape index (κ1) is 30.7. The number of nitrogens with one attached hydrogen (secondary N) is 1. The minimum Gasteiger partial charge on any atom is -0.507 e. The van der Waals surface area contributed by atoms with Crippen molar-refractivity contribution in [1.29, 1.82) is 0 Å². The van der Waals surface area contributed by atoms with Crippen molar-refractivity contribution in [3.8, 4) is 22.7 Å². The number of nitrogen functional groups attached to an aromatic ring is 1. The van der Waals surface area contributed by atoms with Crippen LogP contribution in [0, 0.1) is 0 Å². The van der Waals surface area contributed by atoms with Gasteiger partial charge in [0.15, 0.2) is 5.82 Å². The molecule has 12 heteroatoms. The number of piperidine rings is 1. The van der Waals surface area contributed by atoms with E-state index in [9.17, 15) is 14.7 Å². The largest absolute Gasteiger partial charge is 0.507 e. The van der Waals surface area contributed by atoms with Gasteiger partial charge in [0.2, 0.25) is 11.8 Å². The number of anilines is 3. The van der Waals surface area contributed by atoms with Crippen LogP contribution in [-0.2, 0) is 9.59 Å². The lowest BCUT2D eigenvalue weighted by Crippen LogP contribution is -2.51. The molecule has 0 bridgehead atoms. The molecule has 12 nitrogen and oxygen atoms in total. The van der Waals surface area contributed by atoms with Crippen LogP contribution in [0.3, 0.4) is 0 Å². The van der Waals surface area contributed by atoms with E-state index in [0.29, 0.717) is 41.7 Å². The summed E-state index contributed by atoms with van der Waals surface area (Å²) in [4.78, 5) is 31.1. The highest BCUT2D eigenvalue weighted by atomic mass is 16.3. The third-order valence-electron chi connectivity index (χ3n) is 10.1. The van der Waals surface area contributed by atoms with Crippen LogP contribution in [0.15, 0.2) is 67.0 Å². The maximum atomic E-state index is 12.4. The molecule has 0 radical (unpaired) electrons. The van der Waals surface area contributed by atoms with E-state index in [-0.39, 0.29) is 29.4 Å². The van der Waals surface area contributed by atoms with Crippen LogP contribution >= 0.6 is 0 Å². The Morgan fingerprint density at radius 1 is 0.936 bits per heavy atom. The zero-order valence-electron chi connectivity index (χ0n) is 26.6. The summed E-state index contributed by atoms with van der Waals surface area (Å²) in [6, 6.07) is 17.7. The number of likely N-dealkylation sites (N-methyl/N-ethyl adjacent to an activating group) is 1. The summed E-state index contributed by atoms with van der Waals surface area (Å²) in [5.74, 6) is 0.517. The SMILES string of the molecule is CN(c1cccc(C2CCC(N3CCN(c4cnn(-c5cc(-c6ccccc6O)nnc5N)c4)CC3)CC2)c1)[C@@H]1CCC(=O)NC1=O. The molecule has 2 aromatic heterocycles. The van der Waals surface area contributed by atoms with Crippen molar-refractivity contribution in [1.82, 2.24) is 30.2 Å². The van der Waals surface area contributed by atoms with Gasteiger partial charge in [0.25, 0.3) is 0 Å². The maximum absolute atomic E-state index is 12.4. The minimum absolute atomic E-state index is 0.133. The molecule has 2 aliphatic heterocycles. The van der Waals surface area contributed by atoms with Crippen molar-refractivity contribution < 1.29 is 14.7 Å². The Labute approximate surface area is 274 Å². The molecule has 0 unspecified atom stereocenters. The topological polar surface area (TPSA) is 146 Å². The Bertz CT molecular complexity index is 1760. The lowest BCUT2D eigenvalue weighted by Gasteiger charge is -2.42. The average Bonchev–Trinajstić information content (AvgIpc) is 3.59. The number of benzene rings is 2. The second kappa shape index (κ2) is 13.0. The zero-order valence-corrected chi connectivity index (χ0v) is 26.6. The van der Waals surface area contributed by atoms with Crippen molar-refractivity contribution in [2.75, 3.05) is 48.8 Å². The van der Waals surface area contributed by atoms with Gasteiger partial charge in [-0.2, -0.15) is 5.10 Å². The second-order valence-electron chi connectivity index (χ2n) is 12.9. The van der Waals surface area contributed by atoms with Crippen LogP contribution < -0.4 is 20.9 Å². The number of carbonyl (C=O) groups excluding carboxylic acids is 2. The van der Waals surface area contributed by atoms with E-state index in [0.717, 1.165) is 50.4 Å². The molecule has 47 heavy (non-hydrogen) atoms. The van der Waals surface area contributed by atoms with Crippen LogP contribution in [0.2, 0.25) is 0 Å². The predicted octanol–water partition coefficient (Wildman–Crippen LogP) is 3.71. The van der Waals surface area contributed by atoms with Crippen LogP contribution in [0.5, 0.6) is 5.75 Å². The highest BCUT2D eigenvalue weighted by Gasteiger charge is 2.32. The maximum Gasteiger partial charge on any atom is 0.249 e. The van der Waals surface area contributed by atoms with Crippen molar-refractivity contribution >= 4 is 29.0 Å². The Kier molecular flexibility index (Phi) is 8.50. The number of imide groups is 1. The van der Waals surface area contributed by atoms with E-state index in [2.05, 4.69) is 54.7 Å². The Morgan fingerprint density at radius 3 is 2.49 bits per heavy atom. The van der Waals surface area contributed by atoms with Crippen molar-refractivity contribution in [2.45, 2.75) is 56.5 Å². The van der Waals surface area contributed by atoms with Gasteiger partial charge in [-0.3, -0.25) is 19.8 Å². The number of aromatic hydroxyl groups is 1. The summed E-state index contributed by atoms with van der Waals surface area (Å²) >= 11 is 0. The summed E-state index contributed by atoms with van der Waals surface area (Å²) in [7, 11) is 1.95. The molecule has 1 saturated carbocycles. The number of aromatic nitrogens is 4. The highest BCUT2D eigenvalue weighted by molar-refractivity contribution is 6.01. The van der Waals surface area contributed by atoms with E-state index >= 15 is 0 Å². The van der Waals surface area contributed by atoms with Gasteiger partial charge < -0.3 is 20.6 Å². The molecule has 1 aliphatic carbocycles. The van der Waals surface area contributed by atoms with E-state index in [1.165, 1.54) is 18.4 Å². The fourth-order valence-electron chi connectivity index (χ4n) is 7.35. The molecule has 0 spiro atoms. The Morgan fingerprint density at radius 2 is 1.72 bits per heavy atom. The number of nitrogens with two attached hydrogens (primary N) is 1. The van der Waals surface area contributed by atoms with Gasteiger partial charge in [-0.05, 0) is 73.9 Å². The summed E-state index contributed by atoms with van der Waals surface area (Å²) in [6.45, 7) is 3.85. The van der Waals surface area contributed by atoms with Crippen molar-refractivity contribution in [3.63, 3.8) is 0 Å². The molecule has 7 rings (SSSR count). The van der Waals surface area contributed by atoms with Gasteiger partial charge in [-0.25, -0.2) is 4.68 Å². The molecular weight excluding hydrogens is 594 g/mol. The second-order valence-corrected chi connectivity index (χ2v) is 12.9. The standard InChI is InChI=1S/C35H41N9O3/c1-41(30-13-14-33(46)38-35(30)47)26-6-4-5-24(19-26)23-9-11-25(12-10-23)42-15-17-43(18-16-42)27-21-37-44(22-27)31-20-29(39-40-34(31)36)28-7-2-3-8-32(28)45/h2-8,19-23,25,30,45H,9-18H2,1H3,(H2,36,40)(H,38,46,47)/t23?,25?,30-/m1/s1. The summed E-state index contributed by atoms with van der Waals surface area (Å²) < 4.78 is 1.73. The molecule has 1 atom stereocenters. The minimum atomic E-state index is -0.319. The third kappa shape index (κ3) is 6.37. The van der Waals surface area contributed by atoms with Crippen molar-refractivity contribution in [3.05, 3.63) is 72.6 Å². The number of rotatable bonds is 7. The first-order valence-electron chi connectivity index (χ1n) is 16.5. The van der Waals surface area contributed by atoms with Crippen LogP contribution in [0.4, 0.5) is 17.2 Å². The molecule has 244 valence electrons. The zero-order chi connectivity index (χ0) is 32.5. The fourth-order valence-corrected chi connectivity index (χ4v) is 7.35. The number of amides is 2. The Hall–Kier alpha value is -4.97. The predicted molar refractivity (Wildman–Crippen MR) is 180 cm³/mol. The average molecular weight is 636 g/mol. The molecule has 2 amide bonds. The first-order valence-corrected chi connectivity index (χ1v) is 16.5. The van der Waals surface area contributed by atoms with Crippen LogP contribution in [-0.4, -0.2) is 87.1 Å². The normalized spacial score (nSPS) is 22.2. The molecular formula is C35H41N9O3. The Balaban J connectivity index is 0.935. The fraction of sp³-hybridized carbons (Fsp3) is 0.400. The quantitative estimate of drug-likeness (QED) is 0.257. The number of carbonyl (C=O) groups is 2. The lowest BCUT2D eigenvalue weighted by molar-refractivity contribution is -0.134. The molecule has 4 heterocycles. The monoisotopic (exact) mass is 635 g/mol. The molecule has 3 fully saturated rings. The smallest absolute Gasteiger partial charge is 0.249 e. The number of hydrogen-bond donors (Lipinski definition) is 3. The van der Waals surface area contributed by atoms with E-state index in [4.69, 9.17) is 5.73 Å². The number of phenolic OH excluding ortho intramolecular Hbond substituents is 1. The number of piperazine rings is 1. The number of hydrogen-bond acceptors (Lipinski definition) is 10. The van der Waals surface area contributed by atoms with E-state index < -0.39 is 0 Å². The van der Waals surface area contributed by atoms with Gasteiger partial charge in [-0.15, -0.1) is 10.2 Å². The number of phenols is 1. The first-order chi connectivity index (χ1) is 22.8. The molecule has 3 aliphatic rings. The molecule has 2 saturated heterocycles. The van der Waals surface area contributed by atoms with Crippen molar-refractivity contribution in [2.24, 2.45) is 0 Å². The van der Waals surface area contributed by atoms with Gasteiger partial charge in [-0.1, -0.05) is 24.3 Å². The highest BCUT2D eigenvalue weighted by Crippen LogP contribution is 2.37.